The van der Waals surface area contributed by atoms with Crippen LogP contribution in [0.4, 0.5) is 0 Å². The van der Waals surface area contributed by atoms with Gasteiger partial charge in [0, 0.05) is 20.1 Å². The number of guanidine groups is 1. The smallest absolute Gasteiger partial charge is 0.338 e. The number of carbonyl (C=O) groups excluding carboxylic acids is 1. The van der Waals surface area contributed by atoms with Crippen molar-refractivity contribution in [1.82, 2.24) is 10.6 Å². The van der Waals surface area contributed by atoms with Crippen LogP contribution in [0.25, 0.3) is 0 Å². The van der Waals surface area contributed by atoms with Gasteiger partial charge in [-0.05, 0) is 36.6 Å². The van der Waals surface area contributed by atoms with Crippen molar-refractivity contribution in [3.63, 3.8) is 0 Å². The Bertz CT molecular complexity index is 682. The quantitative estimate of drug-likeness (QED) is 0.463. The lowest BCUT2D eigenvalue weighted by molar-refractivity contribution is 0.0526. The highest BCUT2D eigenvalue weighted by Crippen LogP contribution is 2.06. The summed E-state index contributed by atoms with van der Waals surface area (Å²) in [7, 11) is 1.75. The Labute approximate surface area is 149 Å². The molecule has 0 aliphatic rings. The molecular formula is C20H25N3O2. The molecule has 0 unspecified atom stereocenters. The van der Waals surface area contributed by atoms with Gasteiger partial charge in [-0.2, -0.15) is 0 Å². The van der Waals surface area contributed by atoms with E-state index in [9.17, 15) is 4.79 Å². The minimum atomic E-state index is -0.291. The summed E-state index contributed by atoms with van der Waals surface area (Å²) in [4.78, 5) is 15.9. The maximum absolute atomic E-state index is 11.6. The molecule has 2 aromatic carbocycles. The normalized spacial score (nSPS) is 11.0. The summed E-state index contributed by atoms with van der Waals surface area (Å²) in [5, 5.41) is 6.57. The van der Waals surface area contributed by atoms with Gasteiger partial charge in [0.2, 0.25) is 0 Å². The zero-order valence-corrected chi connectivity index (χ0v) is 14.8. The largest absolute Gasteiger partial charge is 0.462 e. The molecule has 0 aliphatic carbocycles. The summed E-state index contributed by atoms with van der Waals surface area (Å²) in [6.45, 7) is 3.62. The van der Waals surface area contributed by atoms with Crippen molar-refractivity contribution < 1.29 is 9.53 Å². The zero-order chi connectivity index (χ0) is 17.9. The molecule has 0 aliphatic heterocycles. The van der Waals surface area contributed by atoms with Crippen LogP contribution in [-0.2, 0) is 17.7 Å². The Hall–Kier alpha value is -2.82. The second-order valence-corrected chi connectivity index (χ2v) is 5.51. The Kier molecular flexibility index (Phi) is 7.50. The van der Waals surface area contributed by atoms with Crippen molar-refractivity contribution in [3.05, 3.63) is 71.3 Å². The third kappa shape index (κ3) is 6.30. The molecule has 0 aromatic heterocycles. The molecule has 0 radical (unpaired) electrons. The first kappa shape index (κ1) is 18.5. The lowest BCUT2D eigenvalue weighted by Gasteiger charge is -2.12. The highest BCUT2D eigenvalue weighted by atomic mass is 16.5. The predicted octanol–water partition coefficient (Wildman–Crippen LogP) is 2.77. The van der Waals surface area contributed by atoms with Gasteiger partial charge < -0.3 is 15.4 Å². The van der Waals surface area contributed by atoms with Gasteiger partial charge in [0.05, 0.1) is 12.2 Å². The predicted molar refractivity (Wildman–Crippen MR) is 101 cm³/mol. The minimum absolute atomic E-state index is 0.291. The molecule has 132 valence electrons. The van der Waals surface area contributed by atoms with Crippen LogP contribution < -0.4 is 10.6 Å². The third-order valence-electron chi connectivity index (χ3n) is 3.70. The van der Waals surface area contributed by atoms with Crippen LogP contribution in [0.1, 0.15) is 28.4 Å². The molecule has 0 spiro atoms. The summed E-state index contributed by atoms with van der Waals surface area (Å²) in [5.74, 6) is 0.464. The fraction of sp³-hybridized carbons (Fsp3) is 0.300. The number of nitrogens with zero attached hydrogens (tertiary/aromatic N) is 1. The lowest BCUT2D eigenvalue weighted by atomic mass is 10.1. The van der Waals surface area contributed by atoms with Crippen molar-refractivity contribution >= 4 is 11.9 Å². The van der Waals surface area contributed by atoms with Gasteiger partial charge in [-0.25, -0.2) is 4.79 Å². The number of aliphatic imine (C=N–C) groups is 1. The summed E-state index contributed by atoms with van der Waals surface area (Å²) in [6.07, 6.45) is 0.940. The molecule has 2 rings (SSSR count). The van der Waals surface area contributed by atoms with Crippen LogP contribution in [0.15, 0.2) is 59.6 Å². The van der Waals surface area contributed by atoms with E-state index in [1.54, 1.807) is 26.1 Å². The third-order valence-corrected chi connectivity index (χ3v) is 3.70. The van der Waals surface area contributed by atoms with Gasteiger partial charge in [-0.1, -0.05) is 42.5 Å². The highest BCUT2D eigenvalue weighted by Gasteiger charge is 2.05. The van der Waals surface area contributed by atoms with E-state index >= 15 is 0 Å². The van der Waals surface area contributed by atoms with E-state index in [4.69, 9.17) is 4.74 Å². The van der Waals surface area contributed by atoms with E-state index in [2.05, 4.69) is 27.8 Å². The number of ether oxygens (including phenoxy) is 1. The molecule has 0 heterocycles. The molecule has 5 heteroatoms. The maximum Gasteiger partial charge on any atom is 0.338 e. The van der Waals surface area contributed by atoms with Crippen molar-refractivity contribution in [3.8, 4) is 0 Å². The second kappa shape index (κ2) is 10.1. The zero-order valence-electron chi connectivity index (χ0n) is 14.8. The molecule has 2 N–H and O–H groups in total. The average Bonchev–Trinajstić information content (AvgIpc) is 2.66. The Morgan fingerprint density at radius 2 is 1.72 bits per heavy atom. The second-order valence-electron chi connectivity index (χ2n) is 5.51. The van der Waals surface area contributed by atoms with E-state index in [1.807, 2.05) is 30.3 Å². The Morgan fingerprint density at radius 1 is 1.00 bits per heavy atom. The monoisotopic (exact) mass is 339 g/mol. The summed E-state index contributed by atoms with van der Waals surface area (Å²) < 4.78 is 4.98. The molecule has 0 bridgehead atoms. The van der Waals surface area contributed by atoms with Gasteiger partial charge in [-0.15, -0.1) is 0 Å². The summed E-state index contributed by atoms with van der Waals surface area (Å²) in [5.41, 5.74) is 2.93. The first-order valence-corrected chi connectivity index (χ1v) is 8.47. The standard InChI is InChI=1S/C20H25N3O2/c1-3-25-19(24)18-11-9-17(10-12-18)15-23-20(21-2)22-14-13-16-7-5-4-6-8-16/h4-12H,3,13-15H2,1-2H3,(H2,21,22,23). The van der Waals surface area contributed by atoms with Gasteiger partial charge in [0.15, 0.2) is 5.96 Å². The van der Waals surface area contributed by atoms with Crippen molar-refractivity contribution in [2.75, 3.05) is 20.2 Å². The van der Waals surface area contributed by atoms with Crippen LogP contribution >= 0.6 is 0 Å². The number of rotatable bonds is 7. The van der Waals surface area contributed by atoms with Gasteiger partial charge in [0.1, 0.15) is 0 Å². The SMILES string of the molecule is CCOC(=O)c1ccc(CNC(=NC)NCCc2ccccc2)cc1. The topological polar surface area (TPSA) is 62.7 Å². The number of hydrogen-bond donors (Lipinski definition) is 2. The van der Waals surface area contributed by atoms with Crippen LogP contribution in [-0.4, -0.2) is 32.1 Å². The van der Waals surface area contributed by atoms with Gasteiger partial charge in [0.25, 0.3) is 0 Å². The Balaban J connectivity index is 1.77. The van der Waals surface area contributed by atoms with Crippen molar-refractivity contribution in [2.24, 2.45) is 4.99 Å². The van der Waals surface area contributed by atoms with Crippen molar-refractivity contribution in [2.45, 2.75) is 19.9 Å². The first-order valence-electron chi connectivity index (χ1n) is 8.47. The molecule has 0 amide bonds. The molecule has 2 aromatic rings. The van der Waals surface area contributed by atoms with Crippen LogP contribution in [0.5, 0.6) is 0 Å². The number of hydrogen-bond acceptors (Lipinski definition) is 3. The number of esters is 1. The van der Waals surface area contributed by atoms with E-state index in [0.717, 1.165) is 24.5 Å². The van der Waals surface area contributed by atoms with Gasteiger partial charge >= 0.3 is 5.97 Å². The minimum Gasteiger partial charge on any atom is -0.462 e. The van der Waals surface area contributed by atoms with E-state index in [-0.39, 0.29) is 5.97 Å². The lowest BCUT2D eigenvalue weighted by Crippen LogP contribution is -2.37. The fourth-order valence-corrected chi connectivity index (χ4v) is 2.35. The van der Waals surface area contributed by atoms with Crippen LogP contribution in [0.2, 0.25) is 0 Å². The fourth-order valence-electron chi connectivity index (χ4n) is 2.35. The molecular weight excluding hydrogens is 314 g/mol. The maximum atomic E-state index is 11.6. The average molecular weight is 339 g/mol. The number of carbonyl (C=O) groups is 1. The van der Waals surface area contributed by atoms with Gasteiger partial charge in [-0.3, -0.25) is 4.99 Å². The van der Waals surface area contributed by atoms with Crippen LogP contribution in [0, 0.1) is 0 Å². The number of nitrogens with one attached hydrogen (secondary N) is 2. The van der Waals surface area contributed by atoms with E-state index < -0.39 is 0 Å². The molecule has 0 atom stereocenters. The van der Waals surface area contributed by atoms with E-state index in [0.29, 0.717) is 18.7 Å². The summed E-state index contributed by atoms with van der Waals surface area (Å²) >= 11 is 0. The first-order chi connectivity index (χ1) is 12.2. The highest BCUT2D eigenvalue weighted by molar-refractivity contribution is 5.89. The van der Waals surface area contributed by atoms with Crippen LogP contribution in [0.3, 0.4) is 0 Å². The van der Waals surface area contributed by atoms with Crippen molar-refractivity contribution in [1.29, 1.82) is 0 Å². The Morgan fingerprint density at radius 3 is 2.36 bits per heavy atom. The molecule has 0 saturated carbocycles. The summed E-state index contributed by atoms with van der Waals surface area (Å²) in [6, 6.07) is 17.7. The number of benzene rings is 2. The molecule has 25 heavy (non-hydrogen) atoms. The molecule has 0 fully saturated rings. The molecule has 0 saturated heterocycles. The van der Waals surface area contributed by atoms with E-state index in [1.165, 1.54) is 5.56 Å². The molecule has 5 nitrogen and oxygen atoms in total.